The Morgan fingerprint density at radius 1 is 1.05 bits per heavy atom. The van der Waals surface area contributed by atoms with E-state index in [2.05, 4.69) is 18.2 Å². The van der Waals surface area contributed by atoms with E-state index in [4.69, 9.17) is 4.74 Å². The van der Waals surface area contributed by atoms with Gasteiger partial charge in [0.25, 0.3) is 0 Å². The minimum absolute atomic E-state index is 0.117. The van der Waals surface area contributed by atoms with Crippen LogP contribution >= 0.6 is 0 Å². The van der Waals surface area contributed by atoms with Crippen LogP contribution in [-0.2, 0) is 16.0 Å². The summed E-state index contributed by atoms with van der Waals surface area (Å²) in [6, 6.07) is 14.2. The molecular formula is C17H20O2. The molecule has 0 spiro atoms. The summed E-state index contributed by atoms with van der Waals surface area (Å²) in [5.41, 5.74) is 0.801. The number of benzene rings is 2. The first-order valence-corrected chi connectivity index (χ1v) is 6.58. The first-order valence-electron chi connectivity index (χ1n) is 6.58. The lowest BCUT2D eigenvalue weighted by Crippen LogP contribution is -2.24. The summed E-state index contributed by atoms with van der Waals surface area (Å²) in [7, 11) is 0. The maximum atomic E-state index is 12.0. The lowest BCUT2D eigenvalue weighted by molar-refractivity contribution is -0.127. The van der Waals surface area contributed by atoms with Crippen molar-refractivity contribution in [2.75, 3.05) is 6.61 Å². The number of fused-ring (bicyclic) bond motifs is 1. The molecule has 2 rings (SSSR count). The monoisotopic (exact) mass is 256 g/mol. The first-order chi connectivity index (χ1) is 8.96. The Labute approximate surface area is 114 Å². The van der Waals surface area contributed by atoms with E-state index >= 15 is 0 Å². The van der Waals surface area contributed by atoms with Gasteiger partial charge < -0.3 is 4.74 Å². The fourth-order valence-electron chi connectivity index (χ4n) is 2.01. The molecule has 0 saturated heterocycles. The Balaban J connectivity index is 2.11. The van der Waals surface area contributed by atoms with Crippen LogP contribution < -0.4 is 0 Å². The average Bonchev–Trinajstić information content (AvgIpc) is 2.36. The summed E-state index contributed by atoms with van der Waals surface area (Å²) in [4.78, 5) is 12.0. The molecule has 0 radical (unpaired) electrons. The SMILES string of the molecule is CC(C)(C)OCC(=O)Cc1cccc2ccccc12. The molecule has 0 unspecified atom stereocenters. The number of hydrogen-bond acceptors (Lipinski definition) is 2. The van der Waals surface area contributed by atoms with Gasteiger partial charge in [-0.15, -0.1) is 0 Å². The van der Waals surface area contributed by atoms with Gasteiger partial charge in [-0.3, -0.25) is 4.79 Å². The van der Waals surface area contributed by atoms with Gasteiger partial charge >= 0.3 is 0 Å². The van der Waals surface area contributed by atoms with Crippen molar-refractivity contribution in [1.29, 1.82) is 0 Å². The van der Waals surface area contributed by atoms with E-state index in [1.54, 1.807) is 0 Å². The van der Waals surface area contributed by atoms with Crippen LogP contribution in [0.5, 0.6) is 0 Å². The number of hydrogen-bond donors (Lipinski definition) is 0. The minimum Gasteiger partial charge on any atom is -0.368 e. The van der Waals surface area contributed by atoms with Gasteiger partial charge in [0, 0.05) is 6.42 Å². The van der Waals surface area contributed by atoms with Gasteiger partial charge in [0.2, 0.25) is 0 Å². The molecule has 2 aromatic rings. The normalized spacial score (nSPS) is 11.7. The topological polar surface area (TPSA) is 26.3 Å². The van der Waals surface area contributed by atoms with Gasteiger partial charge in [-0.1, -0.05) is 42.5 Å². The highest BCUT2D eigenvalue weighted by atomic mass is 16.5. The Morgan fingerprint density at radius 3 is 2.47 bits per heavy atom. The van der Waals surface area contributed by atoms with Crippen molar-refractivity contribution in [3.63, 3.8) is 0 Å². The van der Waals surface area contributed by atoms with E-state index in [0.717, 1.165) is 10.9 Å². The van der Waals surface area contributed by atoms with Crippen LogP contribution in [0.4, 0.5) is 0 Å². The first kappa shape index (κ1) is 13.8. The molecule has 2 heteroatoms. The Kier molecular flexibility index (Phi) is 4.01. The average molecular weight is 256 g/mol. The molecule has 19 heavy (non-hydrogen) atoms. The molecule has 0 N–H and O–H groups in total. The van der Waals surface area contributed by atoms with Crippen molar-refractivity contribution < 1.29 is 9.53 Å². The number of ketones is 1. The number of Topliss-reactive ketones (excluding diaryl/α,β-unsaturated/α-hetero) is 1. The van der Waals surface area contributed by atoms with Crippen LogP contribution in [0.25, 0.3) is 10.8 Å². The van der Waals surface area contributed by atoms with Crippen LogP contribution in [-0.4, -0.2) is 18.0 Å². The molecule has 0 aliphatic rings. The van der Waals surface area contributed by atoms with Gasteiger partial charge in [-0.25, -0.2) is 0 Å². The fraction of sp³-hybridized carbons (Fsp3) is 0.353. The van der Waals surface area contributed by atoms with Crippen molar-refractivity contribution in [2.24, 2.45) is 0 Å². The van der Waals surface area contributed by atoms with Gasteiger partial charge in [0.05, 0.1) is 5.60 Å². The molecule has 100 valence electrons. The van der Waals surface area contributed by atoms with Crippen molar-refractivity contribution in [2.45, 2.75) is 32.8 Å². The van der Waals surface area contributed by atoms with E-state index in [1.165, 1.54) is 5.39 Å². The Bertz CT molecular complexity index is 574. The van der Waals surface area contributed by atoms with Crippen LogP contribution in [0.1, 0.15) is 26.3 Å². The second-order valence-corrected chi connectivity index (χ2v) is 5.75. The molecule has 0 saturated carbocycles. The van der Waals surface area contributed by atoms with Crippen LogP contribution in [0.15, 0.2) is 42.5 Å². The third kappa shape index (κ3) is 3.90. The van der Waals surface area contributed by atoms with E-state index in [1.807, 2.05) is 45.0 Å². The van der Waals surface area contributed by atoms with E-state index in [-0.39, 0.29) is 18.0 Å². The zero-order valence-corrected chi connectivity index (χ0v) is 11.8. The van der Waals surface area contributed by atoms with Crippen molar-refractivity contribution >= 4 is 16.6 Å². The molecule has 0 aliphatic carbocycles. The highest BCUT2D eigenvalue weighted by Crippen LogP contribution is 2.19. The second-order valence-electron chi connectivity index (χ2n) is 5.75. The number of rotatable bonds is 4. The molecule has 2 nitrogen and oxygen atoms in total. The molecule has 0 bridgehead atoms. The summed E-state index contributed by atoms with van der Waals surface area (Å²) >= 11 is 0. The molecule has 0 atom stereocenters. The lowest BCUT2D eigenvalue weighted by atomic mass is 10.0. The zero-order valence-electron chi connectivity index (χ0n) is 11.8. The van der Waals surface area contributed by atoms with Crippen molar-refractivity contribution in [3.8, 4) is 0 Å². The third-order valence-electron chi connectivity index (χ3n) is 2.93. The summed E-state index contributed by atoms with van der Waals surface area (Å²) < 4.78 is 5.53. The van der Waals surface area contributed by atoms with Crippen LogP contribution in [0, 0.1) is 0 Å². The van der Waals surface area contributed by atoms with Crippen LogP contribution in [0.2, 0.25) is 0 Å². The summed E-state index contributed by atoms with van der Waals surface area (Å²) in [6.07, 6.45) is 0.428. The van der Waals surface area contributed by atoms with E-state index in [0.29, 0.717) is 6.42 Å². The molecule has 0 aromatic heterocycles. The molecule has 0 aliphatic heterocycles. The van der Waals surface area contributed by atoms with Gasteiger partial charge in [0.15, 0.2) is 5.78 Å². The van der Waals surface area contributed by atoms with Crippen molar-refractivity contribution in [3.05, 3.63) is 48.0 Å². The summed E-state index contributed by atoms with van der Waals surface area (Å²) in [5.74, 6) is 0.117. The minimum atomic E-state index is -0.269. The maximum absolute atomic E-state index is 12.0. The lowest BCUT2D eigenvalue weighted by Gasteiger charge is -2.18. The van der Waals surface area contributed by atoms with Gasteiger partial charge in [-0.2, -0.15) is 0 Å². The molecule has 0 fully saturated rings. The Hall–Kier alpha value is -1.67. The van der Waals surface area contributed by atoms with Crippen molar-refractivity contribution in [1.82, 2.24) is 0 Å². The number of carbonyl (C=O) groups is 1. The fourth-order valence-corrected chi connectivity index (χ4v) is 2.01. The third-order valence-corrected chi connectivity index (χ3v) is 2.93. The van der Waals surface area contributed by atoms with Gasteiger partial charge in [0.1, 0.15) is 6.61 Å². The molecule has 2 aromatic carbocycles. The highest BCUT2D eigenvalue weighted by Gasteiger charge is 2.13. The van der Waals surface area contributed by atoms with Gasteiger partial charge in [-0.05, 0) is 37.1 Å². The maximum Gasteiger partial charge on any atom is 0.162 e. The predicted octanol–water partition coefficient (Wildman–Crippen LogP) is 3.77. The zero-order chi connectivity index (χ0) is 13.9. The molecule has 0 heterocycles. The highest BCUT2D eigenvalue weighted by molar-refractivity contribution is 5.91. The largest absolute Gasteiger partial charge is 0.368 e. The summed E-state index contributed by atoms with van der Waals surface area (Å²) in [5, 5.41) is 2.32. The quantitative estimate of drug-likeness (QED) is 0.832. The second kappa shape index (κ2) is 5.54. The molecular weight excluding hydrogens is 236 g/mol. The predicted molar refractivity (Wildman–Crippen MR) is 78.4 cm³/mol. The van der Waals surface area contributed by atoms with Crippen LogP contribution in [0.3, 0.4) is 0 Å². The standard InChI is InChI=1S/C17H20O2/c1-17(2,3)19-12-15(18)11-14-9-6-8-13-7-4-5-10-16(13)14/h4-10H,11-12H2,1-3H3. The van der Waals surface area contributed by atoms with E-state index in [9.17, 15) is 4.79 Å². The number of carbonyl (C=O) groups excluding carboxylic acids is 1. The van der Waals surface area contributed by atoms with E-state index < -0.39 is 0 Å². The smallest absolute Gasteiger partial charge is 0.162 e. The Morgan fingerprint density at radius 2 is 1.74 bits per heavy atom. The number of ether oxygens (including phenoxy) is 1. The summed E-state index contributed by atoms with van der Waals surface area (Å²) in [6.45, 7) is 6.04. The molecule has 0 amide bonds.